The van der Waals surface area contributed by atoms with Gasteiger partial charge in [0.25, 0.3) is 0 Å². The lowest BCUT2D eigenvalue weighted by molar-refractivity contribution is -0.393. The zero-order valence-electron chi connectivity index (χ0n) is 37.0. The lowest BCUT2D eigenvalue weighted by atomic mass is 9.95. The number of hydrogen-bond acceptors (Lipinski definition) is 31. The van der Waals surface area contributed by atoms with Crippen molar-refractivity contribution >= 4 is 5.91 Å². The van der Waals surface area contributed by atoms with E-state index in [0.29, 0.717) is 0 Å². The van der Waals surface area contributed by atoms with Gasteiger partial charge in [0.1, 0.15) is 146 Å². The first-order valence-electron chi connectivity index (χ1n) is 22.1. The van der Waals surface area contributed by atoms with Crippen LogP contribution in [0.1, 0.15) is 6.92 Å². The predicted molar refractivity (Wildman–Crippen MR) is 211 cm³/mol. The summed E-state index contributed by atoms with van der Waals surface area (Å²) in [4.78, 5) is 11.9. The van der Waals surface area contributed by atoms with Crippen molar-refractivity contribution in [1.29, 1.82) is 0 Å². The molecule has 0 bridgehead atoms. The molecule has 32 nitrogen and oxygen atoms in total. The predicted octanol–water partition coefficient (Wildman–Crippen LogP) is -14.0. The van der Waals surface area contributed by atoms with Crippen molar-refractivity contribution in [3.05, 3.63) is 0 Å². The van der Waals surface area contributed by atoms with E-state index in [0.717, 1.165) is 6.92 Å². The number of aliphatic hydroxyl groups excluding tert-OH is 19. The van der Waals surface area contributed by atoms with Crippen LogP contribution in [0.2, 0.25) is 0 Å². The summed E-state index contributed by atoms with van der Waals surface area (Å²) in [6.45, 7) is -4.67. The van der Waals surface area contributed by atoms with Gasteiger partial charge in [0.2, 0.25) is 5.91 Å². The third-order valence-corrected chi connectivity index (χ3v) is 12.8. The van der Waals surface area contributed by atoms with Crippen LogP contribution in [0.15, 0.2) is 0 Å². The number of carbonyl (C=O) groups excluding carboxylic acids is 1. The van der Waals surface area contributed by atoms with E-state index in [-0.39, 0.29) is 0 Å². The Morgan fingerprint density at radius 3 is 1.24 bits per heavy atom. The highest BCUT2D eigenvalue weighted by atomic mass is 16.8. The summed E-state index contributed by atoms with van der Waals surface area (Å²) in [6.07, 6.45) is -56.2. The average molecular weight is 1030 g/mol. The molecule has 6 aliphatic heterocycles. The van der Waals surface area contributed by atoms with Crippen LogP contribution in [0.5, 0.6) is 0 Å². The summed E-state index contributed by atoms with van der Waals surface area (Å²) in [5.74, 6) is -0.746. The lowest BCUT2D eigenvalue weighted by Crippen LogP contribution is -2.68. The van der Waals surface area contributed by atoms with Crippen LogP contribution < -0.4 is 5.32 Å². The van der Waals surface area contributed by atoms with Gasteiger partial charge in [0.05, 0.1) is 39.6 Å². The Balaban J connectivity index is 1.24. The van der Waals surface area contributed by atoms with Crippen LogP contribution in [0.3, 0.4) is 0 Å². The molecule has 0 aromatic heterocycles. The number of amides is 1. The molecule has 0 aromatic carbocycles. The summed E-state index contributed by atoms with van der Waals surface area (Å²) < 4.78 is 61.9. The molecule has 6 aliphatic rings. The number of ether oxygens (including phenoxy) is 11. The third kappa shape index (κ3) is 12.0. The minimum Gasteiger partial charge on any atom is -0.394 e. The minimum atomic E-state index is -2.20. The Kier molecular flexibility index (Phi) is 20.3. The fourth-order valence-electron chi connectivity index (χ4n) is 8.78. The molecule has 0 radical (unpaired) electrons. The Hall–Kier alpha value is -1.73. The lowest BCUT2D eigenvalue weighted by Gasteiger charge is -2.49. The van der Waals surface area contributed by atoms with Gasteiger partial charge in [-0.3, -0.25) is 4.79 Å². The van der Waals surface area contributed by atoms with E-state index in [2.05, 4.69) is 5.32 Å². The van der Waals surface area contributed by atoms with Crippen LogP contribution in [0.4, 0.5) is 0 Å². The number of hydrogen-bond donors (Lipinski definition) is 20. The molecule has 0 aliphatic carbocycles. The molecule has 1 amide bonds. The van der Waals surface area contributed by atoms with Gasteiger partial charge >= 0.3 is 0 Å². The Morgan fingerprint density at radius 1 is 0.371 bits per heavy atom. The fourth-order valence-corrected chi connectivity index (χ4v) is 8.78. The molecular formula is C38H65NO31. The monoisotopic (exact) mass is 1030 g/mol. The number of carbonyl (C=O) groups is 1. The molecule has 0 aromatic rings. The topological polar surface area (TPSA) is 515 Å². The SMILES string of the molecule is CC(=O)N[C@H]1[C@H](O)[C@@H](O[C@@H]2O[C@H](CO[C@H]3O[C@H](CO)[C@@H](O)[C@H](O[C@H]4O[C@H](CO)[C@@H](O)[C@H](O)[C@@H]4O[C@H]4O[C@H](CO)[C@@H](O)[C@H](O)[C@@H]4O)[C@@H]3O)[C@@H](O)[C@H](O[C@@H]3O[C@@H](CO)[C@H](O)[C@@H](O)[C@H]3O)[C@@H]2O)[C@H](CO)O[C@@H]1O. The van der Waals surface area contributed by atoms with E-state index in [4.69, 9.17) is 52.1 Å². The third-order valence-electron chi connectivity index (χ3n) is 12.8. The van der Waals surface area contributed by atoms with Crippen molar-refractivity contribution in [2.24, 2.45) is 0 Å². The van der Waals surface area contributed by atoms with Crippen LogP contribution >= 0.6 is 0 Å². The largest absolute Gasteiger partial charge is 0.394 e. The highest BCUT2D eigenvalue weighted by Crippen LogP contribution is 2.36. The molecule has 70 heavy (non-hydrogen) atoms. The smallest absolute Gasteiger partial charge is 0.217 e. The minimum absolute atomic E-state index is 0.746. The number of nitrogens with one attached hydrogen (secondary N) is 1. The molecule has 6 rings (SSSR count). The molecule has 6 heterocycles. The van der Waals surface area contributed by atoms with E-state index in [1.807, 2.05) is 0 Å². The fraction of sp³-hybridized carbons (Fsp3) is 0.974. The summed E-state index contributed by atoms with van der Waals surface area (Å²) >= 11 is 0. The maximum absolute atomic E-state index is 11.9. The summed E-state index contributed by atoms with van der Waals surface area (Å²) in [5, 5.41) is 204. The molecule has 20 N–H and O–H groups in total. The molecule has 0 unspecified atom stereocenters. The van der Waals surface area contributed by atoms with Crippen LogP contribution in [-0.2, 0) is 56.9 Å². The van der Waals surface area contributed by atoms with Gasteiger partial charge in [0, 0.05) is 6.92 Å². The van der Waals surface area contributed by atoms with Gasteiger partial charge in [-0.05, 0) is 0 Å². The van der Waals surface area contributed by atoms with Crippen molar-refractivity contribution in [2.75, 3.05) is 39.6 Å². The van der Waals surface area contributed by atoms with Crippen molar-refractivity contribution < 1.29 is 154 Å². The first-order valence-corrected chi connectivity index (χ1v) is 22.1. The van der Waals surface area contributed by atoms with Crippen molar-refractivity contribution in [1.82, 2.24) is 5.32 Å². The molecule has 0 saturated carbocycles. The maximum Gasteiger partial charge on any atom is 0.217 e. The molecule has 30 atom stereocenters. The van der Waals surface area contributed by atoms with Crippen LogP contribution in [-0.4, -0.2) is 327 Å². The van der Waals surface area contributed by atoms with Gasteiger partial charge in [0.15, 0.2) is 37.7 Å². The van der Waals surface area contributed by atoms with Crippen LogP contribution in [0, 0.1) is 0 Å². The number of aliphatic hydroxyl groups is 19. The Morgan fingerprint density at radius 2 is 0.743 bits per heavy atom. The van der Waals surface area contributed by atoms with Crippen LogP contribution in [0.25, 0.3) is 0 Å². The maximum atomic E-state index is 11.9. The normalized spacial score (nSPS) is 51.5. The van der Waals surface area contributed by atoms with Crippen molar-refractivity contribution in [3.8, 4) is 0 Å². The Bertz CT molecular complexity index is 1630. The molecular weight excluding hydrogens is 966 g/mol. The van der Waals surface area contributed by atoms with E-state index in [9.17, 15) is 102 Å². The van der Waals surface area contributed by atoms with Gasteiger partial charge in [-0.1, -0.05) is 0 Å². The summed E-state index contributed by atoms with van der Waals surface area (Å²) in [7, 11) is 0. The quantitative estimate of drug-likeness (QED) is 0.0643. The second-order valence-corrected chi connectivity index (χ2v) is 17.5. The van der Waals surface area contributed by atoms with E-state index in [1.165, 1.54) is 0 Å². The van der Waals surface area contributed by atoms with E-state index >= 15 is 0 Å². The number of rotatable bonds is 17. The molecule has 408 valence electrons. The van der Waals surface area contributed by atoms with E-state index in [1.54, 1.807) is 0 Å². The standard InChI is InChI=1S/C38H65NO31/c1-8(45)39-15-21(51)29(13(6-44)61-33(15)59)67-37-28(58)31(68-35-25(55)22(52)16(46)9(2-40)63-35)20(50)14(66-37)7-60-34-27(57)30(19(49)12(5-43)62-34)69-38-32(24(54)18(48)11(4-42)65-38)70-36-26(56)23(53)17(47)10(3-41)64-36/h9-38,40-44,46-59H,2-7H2,1H3,(H,39,45)/t9-,10+,11+,12+,13-,14+,15-,16-,17+,18+,19+,20+,21-,22+,23-,24-,25+,26-,27-,28-,29-,30-,31-,32-,33-,34-,35-,36+,37-,38+/m0/s1. The summed E-state index contributed by atoms with van der Waals surface area (Å²) in [6, 6.07) is -1.59. The van der Waals surface area contributed by atoms with Gasteiger partial charge in [-0.25, -0.2) is 0 Å². The van der Waals surface area contributed by atoms with Crippen molar-refractivity contribution in [2.45, 2.75) is 191 Å². The highest BCUT2D eigenvalue weighted by molar-refractivity contribution is 5.73. The highest BCUT2D eigenvalue weighted by Gasteiger charge is 2.57. The second-order valence-electron chi connectivity index (χ2n) is 17.5. The first kappa shape index (κ1) is 57.5. The van der Waals surface area contributed by atoms with E-state index < -0.39 is 230 Å². The van der Waals surface area contributed by atoms with Gasteiger partial charge in [-0.15, -0.1) is 0 Å². The Labute approximate surface area is 395 Å². The molecule has 32 heteroatoms. The van der Waals surface area contributed by atoms with Gasteiger partial charge in [-0.2, -0.15) is 0 Å². The molecule has 6 saturated heterocycles. The zero-order valence-corrected chi connectivity index (χ0v) is 37.0. The molecule has 6 fully saturated rings. The van der Waals surface area contributed by atoms with Crippen molar-refractivity contribution in [3.63, 3.8) is 0 Å². The zero-order chi connectivity index (χ0) is 51.6. The van der Waals surface area contributed by atoms with Gasteiger partial charge < -0.3 is 154 Å². The second kappa shape index (κ2) is 24.7. The summed E-state index contributed by atoms with van der Waals surface area (Å²) in [5.41, 5.74) is 0. The average Bonchev–Trinajstić information content (AvgIpc) is 3.33. The first-order chi connectivity index (χ1) is 33.1. The molecule has 0 spiro atoms.